The van der Waals surface area contributed by atoms with Gasteiger partial charge in [-0.3, -0.25) is 0 Å². The summed E-state index contributed by atoms with van der Waals surface area (Å²) in [6.45, 7) is 10.9. The average Bonchev–Trinajstić information content (AvgIpc) is 2.01. The van der Waals surface area contributed by atoms with Crippen LogP contribution in [0.15, 0.2) is 0 Å². The molecule has 0 aromatic rings. The minimum Gasteiger partial charge on any atom is -0.365 e. The lowest BCUT2D eigenvalue weighted by molar-refractivity contribution is -0.238. The molecule has 13 heavy (non-hydrogen) atoms. The van der Waals surface area contributed by atoms with Crippen molar-refractivity contribution in [3.05, 3.63) is 0 Å². The van der Waals surface area contributed by atoms with Crippen molar-refractivity contribution in [2.45, 2.75) is 53.2 Å². The minimum atomic E-state index is -0.918. The van der Waals surface area contributed by atoms with E-state index in [-0.39, 0.29) is 5.92 Å². The first-order chi connectivity index (χ1) is 5.92. The Labute approximate surface area is 82.3 Å². The van der Waals surface area contributed by atoms with E-state index in [4.69, 9.17) is 4.74 Å². The summed E-state index contributed by atoms with van der Waals surface area (Å²) >= 11 is 0. The fourth-order valence-corrected chi connectivity index (χ4v) is 1.20. The molecular weight excluding hydrogens is 164 g/mol. The number of ether oxygens (including phenoxy) is 1. The number of rotatable bonds is 6. The van der Waals surface area contributed by atoms with Crippen molar-refractivity contribution in [3.8, 4) is 0 Å². The average molecular weight is 188 g/mol. The van der Waals surface area contributed by atoms with Crippen LogP contribution >= 0.6 is 0 Å². The van der Waals surface area contributed by atoms with Gasteiger partial charge in [0, 0.05) is 12.3 Å². The molecule has 2 nitrogen and oxygen atoms in total. The van der Waals surface area contributed by atoms with Gasteiger partial charge in [0.1, 0.15) is 0 Å². The Kier molecular flexibility index (Phi) is 5.57. The summed E-state index contributed by atoms with van der Waals surface area (Å²) in [6, 6.07) is 0. The van der Waals surface area contributed by atoms with Crippen LogP contribution in [0.4, 0.5) is 0 Å². The van der Waals surface area contributed by atoms with E-state index in [1.165, 1.54) is 0 Å². The zero-order valence-corrected chi connectivity index (χ0v) is 9.63. The van der Waals surface area contributed by atoms with E-state index in [2.05, 4.69) is 20.8 Å². The quantitative estimate of drug-likeness (QED) is 0.649. The van der Waals surface area contributed by atoms with E-state index in [0.29, 0.717) is 12.5 Å². The molecule has 0 fully saturated rings. The van der Waals surface area contributed by atoms with Crippen molar-refractivity contribution >= 4 is 0 Å². The summed E-state index contributed by atoms with van der Waals surface area (Å²) in [5.74, 6) is -0.285. The Hall–Kier alpha value is -0.0800. The number of hydrogen-bond acceptors (Lipinski definition) is 2. The predicted octanol–water partition coefficient (Wildman–Crippen LogP) is 2.80. The van der Waals surface area contributed by atoms with Gasteiger partial charge < -0.3 is 9.84 Å². The summed E-state index contributed by atoms with van der Waals surface area (Å²) in [5, 5.41) is 10.1. The lowest BCUT2D eigenvalue weighted by Gasteiger charge is -2.32. The molecule has 0 aliphatic heterocycles. The monoisotopic (exact) mass is 188 g/mol. The van der Waals surface area contributed by atoms with Gasteiger partial charge >= 0.3 is 0 Å². The second-order valence-electron chi connectivity index (χ2n) is 4.45. The molecule has 0 aromatic heterocycles. The predicted molar refractivity (Wildman–Crippen MR) is 55.5 cm³/mol. The van der Waals surface area contributed by atoms with E-state index in [0.717, 1.165) is 12.8 Å². The Morgan fingerprint density at radius 3 is 2.08 bits per heavy atom. The smallest absolute Gasteiger partial charge is 0.167 e. The molecular formula is C11H24O2. The third kappa shape index (κ3) is 4.63. The molecule has 0 rings (SSSR count). The fraction of sp³-hybridized carbons (Fsp3) is 1.00. The van der Waals surface area contributed by atoms with Crippen LogP contribution in [-0.2, 0) is 4.74 Å². The Bertz CT molecular complexity index is 132. The molecule has 0 aliphatic carbocycles. The highest BCUT2D eigenvalue weighted by Gasteiger charge is 2.30. The molecule has 0 aliphatic rings. The fourth-order valence-electron chi connectivity index (χ4n) is 1.20. The third-order valence-electron chi connectivity index (χ3n) is 2.18. The molecule has 0 amide bonds. The van der Waals surface area contributed by atoms with Crippen molar-refractivity contribution in [3.63, 3.8) is 0 Å². The molecule has 0 saturated heterocycles. The summed E-state index contributed by atoms with van der Waals surface area (Å²) in [7, 11) is 0. The van der Waals surface area contributed by atoms with Gasteiger partial charge in [0.2, 0.25) is 0 Å². The highest BCUT2D eigenvalue weighted by molar-refractivity contribution is 4.71. The molecule has 2 heteroatoms. The minimum absolute atomic E-state index is 0.159. The van der Waals surface area contributed by atoms with Gasteiger partial charge in [-0.05, 0) is 5.92 Å². The molecule has 0 heterocycles. The number of hydrogen-bond donors (Lipinski definition) is 1. The molecule has 1 unspecified atom stereocenters. The summed E-state index contributed by atoms with van der Waals surface area (Å²) < 4.78 is 5.55. The SMILES string of the molecule is CCCC(O)(OCC(C)C)C(C)C. The van der Waals surface area contributed by atoms with Crippen LogP contribution in [0.2, 0.25) is 0 Å². The molecule has 0 bridgehead atoms. The van der Waals surface area contributed by atoms with Crippen LogP contribution in [0, 0.1) is 11.8 Å². The van der Waals surface area contributed by atoms with Crippen molar-refractivity contribution in [2.75, 3.05) is 6.61 Å². The van der Waals surface area contributed by atoms with Crippen LogP contribution in [0.5, 0.6) is 0 Å². The summed E-state index contributed by atoms with van der Waals surface area (Å²) in [6.07, 6.45) is 1.67. The first-order valence-electron chi connectivity index (χ1n) is 5.28. The molecule has 1 atom stereocenters. The first-order valence-corrected chi connectivity index (χ1v) is 5.28. The number of aliphatic hydroxyl groups is 1. The van der Waals surface area contributed by atoms with Crippen molar-refractivity contribution in [1.29, 1.82) is 0 Å². The highest BCUT2D eigenvalue weighted by Crippen LogP contribution is 2.24. The van der Waals surface area contributed by atoms with Gasteiger partial charge in [0.25, 0.3) is 0 Å². The second kappa shape index (κ2) is 5.61. The van der Waals surface area contributed by atoms with Crippen LogP contribution in [0.1, 0.15) is 47.5 Å². The van der Waals surface area contributed by atoms with Crippen LogP contribution in [0.3, 0.4) is 0 Å². The maximum absolute atomic E-state index is 10.1. The van der Waals surface area contributed by atoms with E-state index in [1.54, 1.807) is 0 Å². The standard InChI is InChI=1S/C11H24O2/c1-6-7-11(12,10(4)5)13-8-9(2)3/h9-10,12H,6-8H2,1-5H3. The van der Waals surface area contributed by atoms with Gasteiger partial charge in [-0.15, -0.1) is 0 Å². The lowest BCUT2D eigenvalue weighted by Crippen LogP contribution is -2.39. The molecule has 0 saturated carbocycles. The van der Waals surface area contributed by atoms with Crippen LogP contribution < -0.4 is 0 Å². The van der Waals surface area contributed by atoms with Gasteiger partial charge in [-0.1, -0.05) is 41.0 Å². The van der Waals surface area contributed by atoms with Gasteiger partial charge in [-0.2, -0.15) is 0 Å². The van der Waals surface area contributed by atoms with Crippen molar-refractivity contribution in [2.24, 2.45) is 11.8 Å². The highest BCUT2D eigenvalue weighted by atomic mass is 16.6. The van der Waals surface area contributed by atoms with E-state index < -0.39 is 5.79 Å². The van der Waals surface area contributed by atoms with Crippen molar-refractivity contribution in [1.82, 2.24) is 0 Å². The van der Waals surface area contributed by atoms with Gasteiger partial charge in [0.05, 0.1) is 6.61 Å². The lowest BCUT2D eigenvalue weighted by atomic mass is 9.98. The van der Waals surface area contributed by atoms with E-state index in [1.807, 2.05) is 13.8 Å². The molecule has 0 aromatic carbocycles. The topological polar surface area (TPSA) is 29.5 Å². The summed E-state index contributed by atoms with van der Waals surface area (Å²) in [5.41, 5.74) is 0. The molecule has 0 spiro atoms. The molecule has 1 N–H and O–H groups in total. The first kappa shape index (κ1) is 12.9. The zero-order chi connectivity index (χ0) is 10.5. The Morgan fingerprint density at radius 1 is 1.23 bits per heavy atom. The van der Waals surface area contributed by atoms with E-state index >= 15 is 0 Å². The Balaban J connectivity index is 4.07. The van der Waals surface area contributed by atoms with Gasteiger partial charge in [-0.25, -0.2) is 0 Å². The molecule has 0 radical (unpaired) electrons. The largest absolute Gasteiger partial charge is 0.365 e. The maximum Gasteiger partial charge on any atom is 0.167 e. The van der Waals surface area contributed by atoms with Crippen LogP contribution in [-0.4, -0.2) is 17.5 Å². The van der Waals surface area contributed by atoms with Gasteiger partial charge in [0.15, 0.2) is 5.79 Å². The van der Waals surface area contributed by atoms with Crippen molar-refractivity contribution < 1.29 is 9.84 Å². The summed E-state index contributed by atoms with van der Waals surface area (Å²) in [4.78, 5) is 0. The second-order valence-corrected chi connectivity index (χ2v) is 4.45. The zero-order valence-electron chi connectivity index (χ0n) is 9.63. The van der Waals surface area contributed by atoms with E-state index in [9.17, 15) is 5.11 Å². The molecule has 80 valence electrons. The third-order valence-corrected chi connectivity index (χ3v) is 2.18. The van der Waals surface area contributed by atoms with Crippen LogP contribution in [0.25, 0.3) is 0 Å². The maximum atomic E-state index is 10.1. The normalized spacial score (nSPS) is 16.6. The Morgan fingerprint density at radius 2 is 1.77 bits per heavy atom.